The van der Waals surface area contributed by atoms with Crippen LogP contribution >= 0.6 is 11.6 Å². The first-order chi connectivity index (χ1) is 17.1. The van der Waals surface area contributed by atoms with E-state index in [1.54, 1.807) is 0 Å². The Hall–Kier alpha value is -3.34. The standard InChI is InChI=1S/C30H31ClN4/c1-23-21-27(24(2)35(23)29-16-10-9-15-28(29)31)22-32-34-19-17-33(18-20-34)30(25-11-5-3-6-12-25)26-13-7-4-8-14-26/h3-16,21-22,30H,17-20H2,1-2H3/b32-22-. The maximum absolute atomic E-state index is 6.47. The van der Waals surface area contributed by atoms with Gasteiger partial charge in [0.1, 0.15) is 0 Å². The Labute approximate surface area is 213 Å². The molecule has 4 nitrogen and oxygen atoms in total. The first kappa shape index (κ1) is 23.4. The fourth-order valence-corrected chi connectivity index (χ4v) is 5.26. The Balaban J connectivity index is 1.30. The number of halogens is 1. The van der Waals surface area contributed by atoms with Crippen LogP contribution in [-0.4, -0.2) is 46.9 Å². The molecule has 0 radical (unpaired) electrons. The minimum Gasteiger partial charge on any atom is -0.316 e. The van der Waals surface area contributed by atoms with Gasteiger partial charge >= 0.3 is 0 Å². The monoisotopic (exact) mass is 482 g/mol. The zero-order valence-corrected chi connectivity index (χ0v) is 21.1. The Kier molecular flexibility index (Phi) is 7.03. The zero-order chi connectivity index (χ0) is 24.2. The molecule has 4 aromatic rings. The van der Waals surface area contributed by atoms with Crippen LogP contribution < -0.4 is 0 Å². The van der Waals surface area contributed by atoms with Crippen molar-refractivity contribution in [2.75, 3.05) is 26.2 Å². The third-order valence-electron chi connectivity index (χ3n) is 6.81. The summed E-state index contributed by atoms with van der Waals surface area (Å²) < 4.78 is 2.20. The minimum absolute atomic E-state index is 0.262. The van der Waals surface area contributed by atoms with E-state index in [4.69, 9.17) is 16.7 Å². The van der Waals surface area contributed by atoms with E-state index in [0.717, 1.165) is 53.8 Å². The summed E-state index contributed by atoms with van der Waals surface area (Å²) in [7, 11) is 0. The minimum atomic E-state index is 0.262. The number of para-hydroxylation sites is 1. The molecule has 5 heteroatoms. The van der Waals surface area contributed by atoms with Crippen molar-refractivity contribution >= 4 is 17.8 Å². The summed E-state index contributed by atoms with van der Waals surface area (Å²) in [6, 6.07) is 32.0. The smallest absolute Gasteiger partial charge is 0.0646 e. The molecule has 35 heavy (non-hydrogen) atoms. The van der Waals surface area contributed by atoms with Crippen LogP contribution in [0.4, 0.5) is 0 Å². The normalized spacial score (nSPS) is 14.8. The molecule has 0 amide bonds. The van der Waals surface area contributed by atoms with Crippen LogP contribution in [-0.2, 0) is 0 Å². The van der Waals surface area contributed by atoms with E-state index in [0.29, 0.717) is 0 Å². The van der Waals surface area contributed by atoms with E-state index >= 15 is 0 Å². The molecule has 0 N–H and O–H groups in total. The summed E-state index contributed by atoms with van der Waals surface area (Å²) in [5.41, 5.74) is 7.09. The van der Waals surface area contributed by atoms with Gasteiger partial charge in [-0.15, -0.1) is 0 Å². The van der Waals surface area contributed by atoms with Crippen LogP contribution in [0.25, 0.3) is 5.69 Å². The summed E-state index contributed by atoms with van der Waals surface area (Å²) in [5.74, 6) is 0. The molecule has 1 aliphatic rings. The molecule has 5 rings (SSSR count). The van der Waals surface area contributed by atoms with Gasteiger partial charge in [0, 0.05) is 43.1 Å². The first-order valence-corrected chi connectivity index (χ1v) is 12.6. The quantitative estimate of drug-likeness (QED) is 0.293. The highest BCUT2D eigenvalue weighted by Crippen LogP contribution is 2.30. The van der Waals surface area contributed by atoms with Crippen LogP contribution in [0.3, 0.4) is 0 Å². The van der Waals surface area contributed by atoms with Gasteiger partial charge in [-0.2, -0.15) is 5.10 Å². The third kappa shape index (κ3) is 5.04. The first-order valence-electron chi connectivity index (χ1n) is 12.2. The Morgan fingerprint density at radius 3 is 1.94 bits per heavy atom. The molecule has 0 atom stereocenters. The van der Waals surface area contributed by atoms with Crippen LogP contribution in [0.15, 0.2) is 96.1 Å². The van der Waals surface area contributed by atoms with Crippen molar-refractivity contribution in [3.05, 3.63) is 124 Å². The number of hydrogen-bond donors (Lipinski definition) is 0. The summed E-state index contributed by atoms with van der Waals surface area (Å²) in [6.45, 7) is 7.96. The van der Waals surface area contributed by atoms with Gasteiger partial charge in [-0.3, -0.25) is 9.91 Å². The summed E-state index contributed by atoms with van der Waals surface area (Å²) in [4.78, 5) is 2.57. The van der Waals surface area contributed by atoms with Gasteiger partial charge < -0.3 is 4.57 Å². The molecular formula is C30H31ClN4. The fraction of sp³-hybridized carbons (Fsp3) is 0.233. The van der Waals surface area contributed by atoms with Gasteiger partial charge in [0.15, 0.2) is 0 Å². The van der Waals surface area contributed by atoms with Crippen molar-refractivity contribution in [2.24, 2.45) is 5.10 Å². The van der Waals surface area contributed by atoms with E-state index in [9.17, 15) is 0 Å². The zero-order valence-electron chi connectivity index (χ0n) is 20.3. The third-order valence-corrected chi connectivity index (χ3v) is 7.13. The van der Waals surface area contributed by atoms with E-state index < -0.39 is 0 Å². The maximum Gasteiger partial charge on any atom is 0.0646 e. The molecule has 0 unspecified atom stereocenters. The molecule has 1 saturated heterocycles. The molecule has 0 saturated carbocycles. The predicted octanol–water partition coefficient (Wildman–Crippen LogP) is 6.49. The number of nitrogens with zero attached hydrogens (tertiary/aromatic N) is 4. The topological polar surface area (TPSA) is 23.8 Å². The number of benzene rings is 3. The van der Waals surface area contributed by atoms with Gasteiger partial charge in [0.2, 0.25) is 0 Å². The summed E-state index contributed by atoms with van der Waals surface area (Å²) in [6.07, 6.45) is 2.00. The molecule has 0 spiro atoms. The van der Waals surface area contributed by atoms with E-state index in [-0.39, 0.29) is 6.04 Å². The fourth-order valence-electron chi connectivity index (χ4n) is 5.04. The molecule has 178 valence electrons. The van der Waals surface area contributed by atoms with Crippen molar-refractivity contribution in [2.45, 2.75) is 19.9 Å². The van der Waals surface area contributed by atoms with Gasteiger partial charge in [0.05, 0.1) is 23.0 Å². The largest absolute Gasteiger partial charge is 0.316 e. The molecule has 1 aliphatic heterocycles. The van der Waals surface area contributed by atoms with Crippen molar-refractivity contribution in [3.63, 3.8) is 0 Å². The summed E-state index contributed by atoms with van der Waals surface area (Å²) >= 11 is 6.47. The number of hydrogen-bond acceptors (Lipinski definition) is 3. The van der Waals surface area contributed by atoms with Gasteiger partial charge in [-0.05, 0) is 43.2 Å². The van der Waals surface area contributed by atoms with Gasteiger partial charge in [0.25, 0.3) is 0 Å². The maximum atomic E-state index is 6.47. The van der Waals surface area contributed by atoms with Crippen molar-refractivity contribution in [3.8, 4) is 5.69 Å². The molecule has 3 aromatic carbocycles. The van der Waals surface area contributed by atoms with E-state index in [2.05, 4.69) is 101 Å². The lowest BCUT2D eigenvalue weighted by Crippen LogP contribution is -2.45. The van der Waals surface area contributed by atoms with E-state index in [1.807, 2.05) is 24.4 Å². The summed E-state index contributed by atoms with van der Waals surface area (Å²) in [5, 5.41) is 7.80. The van der Waals surface area contributed by atoms with Crippen LogP contribution in [0, 0.1) is 13.8 Å². The van der Waals surface area contributed by atoms with Crippen LogP contribution in [0.5, 0.6) is 0 Å². The van der Waals surface area contributed by atoms with Crippen molar-refractivity contribution in [1.82, 2.24) is 14.5 Å². The number of piperazine rings is 1. The lowest BCUT2D eigenvalue weighted by atomic mass is 9.96. The van der Waals surface area contributed by atoms with Crippen LogP contribution in [0.2, 0.25) is 5.02 Å². The SMILES string of the molecule is Cc1cc(/C=N\N2CCN(C(c3ccccc3)c3ccccc3)CC2)c(C)n1-c1ccccc1Cl. The van der Waals surface area contributed by atoms with Gasteiger partial charge in [-0.25, -0.2) is 0 Å². The highest BCUT2D eigenvalue weighted by atomic mass is 35.5. The molecule has 2 heterocycles. The van der Waals surface area contributed by atoms with E-state index in [1.165, 1.54) is 11.1 Å². The highest BCUT2D eigenvalue weighted by Gasteiger charge is 2.26. The lowest BCUT2D eigenvalue weighted by Gasteiger charge is -2.38. The Morgan fingerprint density at radius 1 is 0.771 bits per heavy atom. The highest BCUT2D eigenvalue weighted by molar-refractivity contribution is 6.32. The average molecular weight is 483 g/mol. The lowest BCUT2D eigenvalue weighted by molar-refractivity contribution is 0.113. The molecular weight excluding hydrogens is 452 g/mol. The second kappa shape index (κ2) is 10.5. The second-order valence-electron chi connectivity index (χ2n) is 9.07. The molecule has 1 fully saturated rings. The molecule has 0 bridgehead atoms. The number of rotatable bonds is 6. The number of aromatic nitrogens is 1. The predicted molar refractivity (Wildman–Crippen MR) is 146 cm³/mol. The van der Waals surface area contributed by atoms with Gasteiger partial charge in [-0.1, -0.05) is 84.4 Å². The Morgan fingerprint density at radius 2 is 1.34 bits per heavy atom. The molecule has 1 aromatic heterocycles. The number of aryl methyl sites for hydroxylation is 1. The average Bonchev–Trinajstić information content (AvgIpc) is 3.18. The number of hydrazone groups is 1. The second-order valence-corrected chi connectivity index (χ2v) is 9.48. The van der Waals surface area contributed by atoms with Crippen molar-refractivity contribution < 1.29 is 0 Å². The van der Waals surface area contributed by atoms with Crippen LogP contribution in [0.1, 0.15) is 34.1 Å². The van der Waals surface area contributed by atoms with Crippen molar-refractivity contribution in [1.29, 1.82) is 0 Å². The Bertz CT molecular complexity index is 1250. The molecule has 0 aliphatic carbocycles.